The number of carbonyl (C=O) groups is 3. The maximum Gasteiger partial charge on any atom is 0.305 e. The Bertz CT molecular complexity index is 976. The van der Waals surface area contributed by atoms with Crippen LogP contribution in [0.15, 0.2) is 0 Å². The maximum atomic E-state index is 13.8. The van der Waals surface area contributed by atoms with Crippen molar-refractivity contribution >= 4 is 27.7 Å². The van der Waals surface area contributed by atoms with E-state index in [1.807, 2.05) is 13.8 Å². The molecule has 0 saturated heterocycles. The summed E-state index contributed by atoms with van der Waals surface area (Å²) in [6.45, 7) is 5.95. The summed E-state index contributed by atoms with van der Waals surface area (Å²) in [7, 11) is -4.18. The van der Waals surface area contributed by atoms with Gasteiger partial charge in [-0.25, -0.2) is 0 Å². The van der Waals surface area contributed by atoms with Gasteiger partial charge in [0.15, 0.2) is 0 Å². The van der Waals surface area contributed by atoms with Crippen molar-refractivity contribution in [3.8, 4) is 0 Å². The van der Waals surface area contributed by atoms with Gasteiger partial charge in [0.2, 0.25) is 0 Å². The first-order valence-corrected chi connectivity index (χ1v) is 14.7. The molecule has 4 rings (SSSR count). The summed E-state index contributed by atoms with van der Waals surface area (Å²) < 4.78 is 35.3. The molecule has 9 heteroatoms. The molecular formula is C26H40O8S. The second-order valence-corrected chi connectivity index (χ2v) is 13.7. The van der Waals surface area contributed by atoms with Gasteiger partial charge in [0.1, 0.15) is 23.9 Å². The highest BCUT2D eigenvalue weighted by Crippen LogP contribution is 2.66. The summed E-state index contributed by atoms with van der Waals surface area (Å²) in [6, 6.07) is 0. The summed E-state index contributed by atoms with van der Waals surface area (Å²) in [5.41, 5.74) is -0.660. The lowest BCUT2D eigenvalue weighted by molar-refractivity contribution is -0.168. The number of aliphatic hydroxyl groups excluding tert-OH is 1. The molecule has 2 N–H and O–H groups in total. The first kappa shape index (κ1) is 26.7. The van der Waals surface area contributed by atoms with E-state index >= 15 is 0 Å². The Kier molecular flexibility index (Phi) is 7.28. The maximum absolute atomic E-state index is 13.8. The lowest BCUT2D eigenvalue weighted by atomic mass is 9.43. The summed E-state index contributed by atoms with van der Waals surface area (Å²) in [5.74, 6) is -0.336. The fraction of sp³-hybridized carbons (Fsp3) is 0.885. The molecule has 4 fully saturated rings. The Labute approximate surface area is 208 Å². The van der Waals surface area contributed by atoms with Crippen molar-refractivity contribution in [3.63, 3.8) is 0 Å². The second-order valence-electron chi connectivity index (χ2n) is 12.2. The molecule has 0 amide bonds. The number of ketones is 2. The predicted molar refractivity (Wildman–Crippen MR) is 128 cm³/mol. The molecule has 0 aromatic carbocycles. The minimum atomic E-state index is -4.18. The van der Waals surface area contributed by atoms with Crippen molar-refractivity contribution in [2.75, 3.05) is 12.4 Å². The van der Waals surface area contributed by atoms with E-state index in [0.717, 1.165) is 25.7 Å². The number of rotatable bonds is 7. The third-order valence-corrected chi connectivity index (χ3v) is 11.2. The highest BCUT2D eigenvalue weighted by atomic mass is 32.2. The summed E-state index contributed by atoms with van der Waals surface area (Å²) in [6.07, 6.45) is 5.16. The van der Waals surface area contributed by atoms with E-state index in [4.69, 9.17) is 9.29 Å². The molecule has 0 aromatic rings. The van der Waals surface area contributed by atoms with Crippen LogP contribution in [0.3, 0.4) is 0 Å². The molecule has 198 valence electrons. The van der Waals surface area contributed by atoms with E-state index in [1.165, 1.54) is 0 Å². The molecular weight excluding hydrogens is 472 g/mol. The Hall–Kier alpha value is -1.32. The van der Waals surface area contributed by atoms with Gasteiger partial charge in [-0.15, -0.1) is 0 Å². The zero-order chi connectivity index (χ0) is 25.8. The molecule has 35 heavy (non-hydrogen) atoms. The first-order valence-electron chi connectivity index (χ1n) is 13.1. The van der Waals surface area contributed by atoms with Gasteiger partial charge in [0.05, 0.1) is 6.10 Å². The molecule has 0 radical (unpaired) electrons. The van der Waals surface area contributed by atoms with Gasteiger partial charge >= 0.3 is 5.97 Å². The minimum absolute atomic E-state index is 0.0278. The van der Waals surface area contributed by atoms with Crippen molar-refractivity contribution < 1.29 is 37.2 Å². The van der Waals surface area contributed by atoms with Crippen LogP contribution in [0.25, 0.3) is 0 Å². The average Bonchev–Trinajstić information content (AvgIpc) is 3.12. The fourth-order valence-electron chi connectivity index (χ4n) is 8.46. The van der Waals surface area contributed by atoms with Crippen LogP contribution >= 0.6 is 0 Å². The van der Waals surface area contributed by atoms with Crippen LogP contribution in [0, 0.1) is 46.3 Å². The molecule has 0 heterocycles. The molecule has 9 atom stereocenters. The number of hydrogen-bond acceptors (Lipinski definition) is 7. The van der Waals surface area contributed by atoms with Gasteiger partial charge < -0.3 is 9.84 Å². The minimum Gasteiger partial charge on any atom is -0.464 e. The van der Waals surface area contributed by atoms with Crippen LogP contribution in [0.5, 0.6) is 0 Å². The third-order valence-electron chi connectivity index (χ3n) is 10.5. The number of Topliss-reactive ketones (excluding diaryl/α,β-unsaturated/α-hetero) is 2. The second kappa shape index (κ2) is 9.53. The van der Waals surface area contributed by atoms with Crippen LogP contribution in [-0.4, -0.2) is 54.1 Å². The lowest BCUT2D eigenvalue weighted by Gasteiger charge is -2.59. The molecule has 8 nitrogen and oxygen atoms in total. The Morgan fingerprint density at radius 1 is 1.14 bits per heavy atom. The van der Waals surface area contributed by atoms with Crippen LogP contribution in [0.2, 0.25) is 0 Å². The standard InChI is InChI=1S/C26H40O8S/c1-15(4-7-23(30)34-10-11-35(31,32)33)18-5-6-19-24-20(14-22(29)26(18,19)3)25(2)9-8-17(27)12-16(25)13-21(24)28/h15-20,24,27H,4-14H2,1-3H3,(H,31,32,33). The molecule has 4 aliphatic rings. The van der Waals surface area contributed by atoms with Crippen molar-refractivity contribution in [2.24, 2.45) is 46.3 Å². The number of hydrogen-bond donors (Lipinski definition) is 2. The number of aliphatic hydroxyl groups is 1. The molecule has 4 saturated carbocycles. The topological polar surface area (TPSA) is 135 Å². The zero-order valence-electron chi connectivity index (χ0n) is 21.1. The number of ether oxygens (including phenoxy) is 1. The third kappa shape index (κ3) is 4.85. The molecule has 9 unspecified atom stereocenters. The highest BCUT2D eigenvalue weighted by Gasteiger charge is 2.66. The Morgan fingerprint density at radius 3 is 2.54 bits per heavy atom. The molecule has 0 aliphatic heterocycles. The summed E-state index contributed by atoms with van der Waals surface area (Å²) in [4.78, 5) is 39.3. The number of fused-ring (bicyclic) bond motifs is 5. The van der Waals surface area contributed by atoms with Crippen LogP contribution in [0.1, 0.15) is 78.6 Å². The molecule has 0 aromatic heterocycles. The first-order chi connectivity index (χ1) is 16.3. The fourth-order valence-corrected chi connectivity index (χ4v) is 8.75. The van der Waals surface area contributed by atoms with Crippen molar-refractivity contribution in [1.82, 2.24) is 0 Å². The smallest absolute Gasteiger partial charge is 0.305 e. The van der Waals surface area contributed by atoms with Crippen molar-refractivity contribution in [1.29, 1.82) is 0 Å². The van der Waals surface area contributed by atoms with Gasteiger partial charge in [-0.3, -0.25) is 18.9 Å². The van der Waals surface area contributed by atoms with Crippen LogP contribution < -0.4 is 0 Å². The van der Waals surface area contributed by atoms with Gasteiger partial charge in [0.25, 0.3) is 10.1 Å². The van der Waals surface area contributed by atoms with Crippen molar-refractivity contribution in [3.05, 3.63) is 0 Å². The Morgan fingerprint density at radius 2 is 1.86 bits per heavy atom. The highest BCUT2D eigenvalue weighted by molar-refractivity contribution is 7.85. The van der Waals surface area contributed by atoms with E-state index < -0.39 is 27.3 Å². The quantitative estimate of drug-likeness (QED) is 0.392. The summed E-state index contributed by atoms with van der Waals surface area (Å²) >= 11 is 0. The van der Waals surface area contributed by atoms with E-state index in [2.05, 4.69) is 6.92 Å². The van der Waals surface area contributed by atoms with Gasteiger partial charge in [-0.2, -0.15) is 8.42 Å². The Balaban J connectivity index is 1.44. The van der Waals surface area contributed by atoms with E-state index in [9.17, 15) is 27.9 Å². The number of esters is 1. The summed E-state index contributed by atoms with van der Waals surface area (Å²) in [5, 5.41) is 10.2. The molecule has 0 spiro atoms. The SMILES string of the molecule is CC(CCC(=O)OCCS(=O)(=O)O)C1CCC2C3C(=O)CC4CC(O)CCC4(C)C3CC(=O)C12C. The number of carbonyl (C=O) groups excluding carboxylic acids is 3. The van der Waals surface area contributed by atoms with Crippen LogP contribution in [0.4, 0.5) is 0 Å². The predicted octanol–water partition coefficient (Wildman–Crippen LogP) is 3.21. The average molecular weight is 513 g/mol. The normalized spacial score (nSPS) is 42.1. The van der Waals surface area contributed by atoms with E-state index in [-0.39, 0.29) is 71.6 Å². The van der Waals surface area contributed by atoms with E-state index in [0.29, 0.717) is 25.7 Å². The van der Waals surface area contributed by atoms with Gasteiger partial charge in [0, 0.05) is 30.6 Å². The molecule has 0 bridgehead atoms. The monoisotopic (exact) mass is 512 g/mol. The van der Waals surface area contributed by atoms with Gasteiger partial charge in [-0.05, 0) is 73.5 Å². The zero-order valence-corrected chi connectivity index (χ0v) is 21.9. The lowest BCUT2D eigenvalue weighted by Crippen LogP contribution is -2.60. The van der Waals surface area contributed by atoms with Crippen molar-refractivity contribution in [2.45, 2.75) is 84.7 Å². The van der Waals surface area contributed by atoms with Crippen LogP contribution in [-0.2, 0) is 29.2 Å². The van der Waals surface area contributed by atoms with E-state index in [1.54, 1.807) is 0 Å². The van der Waals surface area contributed by atoms with Gasteiger partial charge in [-0.1, -0.05) is 20.8 Å². The molecule has 4 aliphatic carbocycles. The largest absolute Gasteiger partial charge is 0.464 e.